The summed E-state index contributed by atoms with van der Waals surface area (Å²) < 4.78 is 37.9. The van der Waals surface area contributed by atoms with Crippen LogP contribution in [0.15, 0.2) is 22.7 Å². The number of amides is 1. The fourth-order valence-corrected chi connectivity index (χ4v) is 2.61. The predicted molar refractivity (Wildman–Crippen MR) is 64.2 cm³/mol. The normalized spacial score (nSPS) is 16.6. The van der Waals surface area contributed by atoms with Crippen LogP contribution < -0.4 is 0 Å². The van der Waals surface area contributed by atoms with Crippen LogP contribution >= 0.6 is 15.9 Å². The SMILES string of the molecule is CC1CN(C(=O)c2cccc(C(F)(F)F)c2Br)C1. The zero-order valence-electron chi connectivity index (χ0n) is 9.59. The number of alkyl halides is 3. The van der Waals surface area contributed by atoms with Crippen LogP contribution in [0, 0.1) is 5.92 Å². The van der Waals surface area contributed by atoms with Crippen molar-refractivity contribution in [2.24, 2.45) is 5.92 Å². The van der Waals surface area contributed by atoms with Gasteiger partial charge in [-0.3, -0.25) is 4.79 Å². The second-order valence-electron chi connectivity index (χ2n) is 4.48. The Morgan fingerprint density at radius 2 is 2.00 bits per heavy atom. The summed E-state index contributed by atoms with van der Waals surface area (Å²) in [5, 5.41) is 0. The Hall–Kier alpha value is -1.04. The fraction of sp³-hybridized carbons (Fsp3) is 0.417. The molecular formula is C12H11BrF3NO. The minimum absolute atomic E-state index is 0.0664. The number of rotatable bonds is 1. The van der Waals surface area contributed by atoms with Gasteiger partial charge in [-0.15, -0.1) is 0 Å². The van der Waals surface area contributed by atoms with E-state index in [0.717, 1.165) is 6.07 Å². The van der Waals surface area contributed by atoms with Crippen LogP contribution in [0.5, 0.6) is 0 Å². The molecule has 0 radical (unpaired) electrons. The molecule has 2 rings (SSSR count). The molecule has 18 heavy (non-hydrogen) atoms. The van der Waals surface area contributed by atoms with Crippen molar-refractivity contribution in [2.45, 2.75) is 13.1 Å². The van der Waals surface area contributed by atoms with Crippen LogP contribution in [0.3, 0.4) is 0 Å². The van der Waals surface area contributed by atoms with E-state index in [1.165, 1.54) is 12.1 Å². The van der Waals surface area contributed by atoms with Gasteiger partial charge in [-0.05, 0) is 34.0 Å². The maximum absolute atomic E-state index is 12.7. The van der Waals surface area contributed by atoms with Gasteiger partial charge in [0, 0.05) is 17.6 Å². The average Bonchev–Trinajstić information content (AvgIpc) is 2.22. The summed E-state index contributed by atoms with van der Waals surface area (Å²) in [6.45, 7) is 3.19. The highest BCUT2D eigenvalue weighted by atomic mass is 79.9. The molecule has 1 saturated heterocycles. The smallest absolute Gasteiger partial charge is 0.338 e. The maximum atomic E-state index is 12.7. The van der Waals surface area contributed by atoms with E-state index < -0.39 is 11.7 Å². The summed E-state index contributed by atoms with van der Waals surface area (Å²) in [4.78, 5) is 13.5. The van der Waals surface area contributed by atoms with Crippen LogP contribution in [0.25, 0.3) is 0 Å². The summed E-state index contributed by atoms with van der Waals surface area (Å²) in [7, 11) is 0. The third kappa shape index (κ3) is 2.39. The molecule has 1 aromatic rings. The van der Waals surface area contributed by atoms with Crippen LogP contribution in [0.4, 0.5) is 13.2 Å². The molecule has 0 unspecified atom stereocenters. The van der Waals surface area contributed by atoms with Crippen molar-refractivity contribution in [3.8, 4) is 0 Å². The van der Waals surface area contributed by atoms with Crippen LogP contribution in [0.2, 0.25) is 0 Å². The Bertz CT molecular complexity index is 481. The molecule has 0 saturated carbocycles. The standard InChI is InChI=1S/C12H11BrF3NO/c1-7-5-17(6-7)11(18)8-3-2-4-9(10(8)13)12(14,15)16/h2-4,7H,5-6H2,1H3. The second-order valence-corrected chi connectivity index (χ2v) is 5.27. The van der Waals surface area contributed by atoms with Crippen molar-refractivity contribution < 1.29 is 18.0 Å². The predicted octanol–water partition coefficient (Wildman–Crippen LogP) is 3.56. The first-order chi connectivity index (χ1) is 8.30. The fourth-order valence-electron chi connectivity index (χ4n) is 1.95. The van der Waals surface area contributed by atoms with Gasteiger partial charge >= 0.3 is 6.18 Å². The van der Waals surface area contributed by atoms with Crippen LogP contribution in [-0.4, -0.2) is 23.9 Å². The number of carbonyl (C=O) groups is 1. The quantitative estimate of drug-likeness (QED) is 0.774. The first kappa shape index (κ1) is 13.4. The summed E-state index contributed by atoms with van der Waals surface area (Å²) >= 11 is 2.89. The molecule has 2 nitrogen and oxygen atoms in total. The largest absolute Gasteiger partial charge is 0.417 e. The van der Waals surface area contributed by atoms with Gasteiger partial charge in [-0.25, -0.2) is 0 Å². The topological polar surface area (TPSA) is 20.3 Å². The van der Waals surface area contributed by atoms with E-state index in [9.17, 15) is 18.0 Å². The van der Waals surface area contributed by atoms with E-state index in [1.807, 2.05) is 6.92 Å². The molecule has 98 valence electrons. The van der Waals surface area contributed by atoms with E-state index in [2.05, 4.69) is 15.9 Å². The monoisotopic (exact) mass is 321 g/mol. The first-order valence-corrected chi connectivity index (χ1v) is 6.25. The Labute approximate surface area is 111 Å². The van der Waals surface area contributed by atoms with Crippen molar-refractivity contribution in [1.82, 2.24) is 4.90 Å². The highest BCUT2D eigenvalue weighted by molar-refractivity contribution is 9.10. The van der Waals surface area contributed by atoms with Crippen molar-refractivity contribution in [2.75, 3.05) is 13.1 Å². The minimum atomic E-state index is -4.46. The molecule has 0 aromatic heterocycles. The van der Waals surface area contributed by atoms with Crippen LogP contribution in [0.1, 0.15) is 22.8 Å². The molecule has 1 aliphatic heterocycles. The molecule has 0 spiro atoms. The molecule has 1 aliphatic rings. The zero-order valence-corrected chi connectivity index (χ0v) is 11.2. The molecule has 0 aliphatic carbocycles. The van der Waals surface area contributed by atoms with Gasteiger partial charge in [0.25, 0.3) is 5.91 Å². The van der Waals surface area contributed by atoms with Gasteiger partial charge in [-0.2, -0.15) is 13.2 Å². The summed E-state index contributed by atoms with van der Waals surface area (Å²) in [5.41, 5.74) is -0.751. The van der Waals surface area contributed by atoms with Crippen molar-refractivity contribution in [3.63, 3.8) is 0 Å². The lowest BCUT2D eigenvalue weighted by molar-refractivity contribution is -0.138. The molecular weight excluding hydrogens is 311 g/mol. The third-order valence-electron chi connectivity index (χ3n) is 2.89. The maximum Gasteiger partial charge on any atom is 0.417 e. The zero-order chi connectivity index (χ0) is 13.5. The van der Waals surface area contributed by atoms with E-state index in [-0.39, 0.29) is 15.9 Å². The van der Waals surface area contributed by atoms with Crippen LogP contribution in [-0.2, 0) is 6.18 Å². The molecule has 1 fully saturated rings. The van der Waals surface area contributed by atoms with E-state index >= 15 is 0 Å². The number of hydrogen-bond acceptors (Lipinski definition) is 1. The number of hydrogen-bond donors (Lipinski definition) is 0. The van der Waals surface area contributed by atoms with Gasteiger partial charge in [0.2, 0.25) is 0 Å². The summed E-state index contributed by atoms with van der Waals surface area (Å²) in [5.74, 6) is 0.0598. The molecule has 1 amide bonds. The van der Waals surface area contributed by atoms with E-state index in [1.54, 1.807) is 4.90 Å². The Morgan fingerprint density at radius 3 is 2.50 bits per heavy atom. The third-order valence-corrected chi connectivity index (χ3v) is 3.74. The van der Waals surface area contributed by atoms with Crippen molar-refractivity contribution in [1.29, 1.82) is 0 Å². The lowest BCUT2D eigenvalue weighted by atomic mass is 10.0. The Kier molecular flexibility index (Phi) is 3.40. The highest BCUT2D eigenvalue weighted by Crippen LogP contribution is 2.37. The van der Waals surface area contributed by atoms with E-state index in [4.69, 9.17) is 0 Å². The molecule has 1 heterocycles. The number of nitrogens with zero attached hydrogens (tertiary/aromatic N) is 1. The summed E-state index contributed by atoms with van der Waals surface area (Å²) in [6.07, 6.45) is -4.46. The minimum Gasteiger partial charge on any atom is -0.338 e. The Morgan fingerprint density at radius 1 is 1.39 bits per heavy atom. The van der Waals surface area contributed by atoms with Crippen molar-refractivity contribution >= 4 is 21.8 Å². The number of likely N-dealkylation sites (tertiary alicyclic amines) is 1. The van der Waals surface area contributed by atoms with Gasteiger partial charge in [-0.1, -0.05) is 13.0 Å². The second kappa shape index (κ2) is 4.57. The molecule has 6 heteroatoms. The molecule has 0 atom stereocenters. The number of carbonyl (C=O) groups excluding carboxylic acids is 1. The summed E-state index contributed by atoms with van der Waals surface area (Å²) in [6, 6.07) is 3.62. The van der Waals surface area contributed by atoms with Gasteiger partial charge in [0.1, 0.15) is 0 Å². The van der Waals surface area contributed by atoms with Gasteiger partial charge in [0.15, 0.2) is 0 Å². The highest BCUT2D eigenvalue weighted by Gasteiger charge is 2.36. The van der Waals surface area contributed by atoms with E-state index in [0.29, 0.717) is 19.0 Å². The number of benzene rings is 1. The van der Waals surface area contributed by atoms with Gasteiger partial charge < -0.3 is 4.90 Å². The number of halogens is 4. The van der Waals surface area contributed by atoms with Gasteiger partial charge in [0.05, 0.1) is 11.1 Å². The lowest BCUT2D eigenvalue weighted by Crippen LogP contribution is -2.48. The first-order valence-electron chi connectivity index (χ1n) is 5.45. The Balaban J connectivity index is 2.32. The molecule has 0 N–H and O–H groups in total. The lowest BCUT2D eigenvalue weighted by Gasteiger charge is -2.37. The molecule has 0 bridgehead atoms. The molecule has 1 aromatic carbocycles. The average molecular weight is 322 g/mol. The van der Waals surface area contributed by atoms with Crippen molar-refractivity contribution in [3.05, 3.63) is 33.8 Å².